The number of nitrogens with one attached hydrogen (secondary N) is 2. The van der Waals surface area contributed by atoms with E-state index in [4.69, 9.17) is 16.3 Å². The third kappa shape index (κ3) is 6.92. The van der Waals surface area contributed by atoms with Gasteiger partial charge in [-0.1, -0.05) is 48.0 Å². The van der Waals surface area contributed by atoms with Crippen LogP contribution >= 0.6 is 11.6 Å². The van der Waals surface area contributed by atoms with Crippen molar-refractivity contribution in [3.05, 3.63) is 65.2 Å². The molecule has 7 nitrogen and oxygen atoms in total. The van der Waals surface area contributed by atoms with Crippen LogP contribution in [0.2, 0.25) is 5.02 Å². The van der Waals surface area contributed by atoms with E-state index >= 15 is 0 Å². The maximum Gasteiger partial charge on any atom is 0.307 e. The second-order valence-electron chi connectivity index (χ2n) is 5.80. The average Bonchev–Trinajstić information content (AvgIpc) is 2.71. The van der Waals surface area contributed by atoms with Gasteiger partial charge in [-0.15, -0.1) is 0 Å². The number of rotatable bonds is 9. The molecular weight excluding hydrogens is 384 g/mol. The molecule has 0 bridgehead atoms. The van der Waals surface area contributed by atoms with Crippen LogP contribution in [0.25, 0.3) is 0 Å². The van der Waals surface area contributed by atoms with E-state index in [0.29, 0.717) is 16.3 Å². The molecule has 0 aliphatic carbocycles. The molecule has 0 radical (unpaired) electrons. The summed E-state index contributed by atoms with van der Waals surface area (Å²) in [6.45, 7) is -0.480. The van der Waals surface area contributed by atoms with Gasteiger partial charge in [-0.2, -0.15) is 0 Å². The lowest BCUT2D eigenvalue weighted by atomic mass is 10.0. The van der Waals surface area contributed by atoms with Gasteiger partial charge < -0.3 is 20.1 Å². The van der Waals surface area contributed by atoms with Crippen LogP contribution in [0.5, 0.6) is 5.75 Å². The second kappa shape index (κ2) is 10.9. The summed E-state index contributed by atoms with van der Waals surface area (Å²) in [5, 5.41) is 5.57. The number of carbonyl (C=O) groups excluding carboxylic acids is 3. The molecule has 1 atom stereocenters. The number of halogens is 1. The van der Waals surface area contributed by atoms with Crippen LogP contribution in [-0.4, -0.2) is 38.0 Å². The standard InChI is InChI=1S/C20H21ClN2O5/c1-27-20(26)11-17(15-9-5-6-10-16(15)21)23-18(24)12-22-19(25)13-28-14-7-3-2-4-8-14/h2-10,17H,11-13H2,1H3,(H,22,25)(H,23,24). The Balaban J connectivity index is 1.87. The molecule has 2 N–H and O–H groups in total. The molecule has 0 aliphatic rings. The number of methoxy groups -OCH3 is 1. The summed E-state index contributed by atoms with van der Waals surface area (Å²) >= 11 is 6.17. The molecule has 28 heavy (non-hydrogen) atoms. The molecule has 0 aliphatic heterocycles. The second-order valence-corrected chi connectivity index (χ2v) is 6.21. The lowest BCUT2D eigenvalue weighted by Gasteiger charge is -2.19. The molecule has 2 aromatic carbocycles. The average molecular weight is 405 g/mol. The molecular formula is C20H21ClN2O5. The van der Waals surface area contributed by atoms with E-state index in [-0.39, 0.29) is 19.6 Å². The van der Waals surface area contributed by atoms with Gasteiger partial charge in [-0.3, -0.25) is 14.4 Å². The zero-order valence-corrected chi connectivity index (χ0v) is 16.1. The van der Waals surface area contributed by atoms with E-state index in [9.17, 15) is 14.4 Å². The first-order valence-electron chi connectivity index (χ1n) is 8.54. The van der Waals surface area contributed by atoms with E-state index in [1.807, 2.05) is 6.07 Å². The summed E-state index contributed by atoms with van der Waals surface area (Å²) in [6.07, 6.45) is -0.0863. The van der Waals surface area contributed by atoms with Crippen LogP contribution in [0.1, 0.15) is 18.0 Å². The quantitative estimate of drug-likeness (QED) is 0.625. The monoisotopic (exact) mass is 404 g/mol. The third-order valence-corrected chi connectivity index (χ3v) is 4.12. The van der Waals surface area contributed by atoms with E-state index in [2.05, 4.69) is 15.4 Å². The Morgan fingerprint density at radius 2 is 1.68 bits per heavy atom. The number of para-hydroxylation sites is 1. The number of carbonyl (C=O) groups is 3. The van der Waals surface area contributed by atoms with Gasteiger partial charge in [-0.05, 0) is 23.8 Å². The van der Waals surface area contributed by atoms with E-state index in [1.54, 1.807) is 48.5 Å². The van der Waals surface area contributed by atoms with Crippen LogP contribution in [0.15, 0.2) is 54.6 Å². The molecule has 0 aromatic heterocycles. The predicted molar refractivity (Wildman–Crippen MR) is 104 cm³/mol. The Kier molecular flexibility index (Phi) is 8.30. The number of benzene rings is 2. The zero-order valence-electron chi connectivity index (χ0n) is 15.3. The SMILES string of the molecule is COC(=O)CC(NC(=O)CNC(=O)COc1ccccc1)c1ccccc1Cl. The Bertz CT molecular complexity index is 813. The highest BCUT2D eigenvalue weighted by Gasteiger charge is 2.21. The molecule has 2 rings (SSSR count). The number of esters is 1. The minimum atomic E-state index is -0.675. The van der Waals surface area contributed by atoms with Crippen molar-refractivity contribution in [3.8, 4) is 5.75 Å². The van der Waals surface area contributed by atoms with Gasteiger partial charge in [0.25, 0.3) is 5.91 Å². The number of ether oxygens (including phenoxy) is 2. The Morgan fingerprint density at radius 1 is 1.00 bits per heavy atom. The van der Waals surface area contributed by atoms with Crippen molar-refractivity contribution in [3.63, 3.8) is 0 Å². The number of hydrogen-bond acceptors (Lipinski definition) is 5. The van der Waals surface area contributed by atoms with Gasteiger partial charge in [0.05, 0.1) is 26.1 Å². The van der Waals surface area contributed by atoms with Crippen LogP contribution in [-0.2, 0) is 19.1 Å². The highest BCUT2D eigenvalue weighted by molar-refractivity contribution is 6.31. The van der Waals surface area contributed by atoms with Crippen LogP contribution in [0.4, 0.5) is 0 Å². The fourth-order valence-electron chi connectivity index (χ4n) is 2.39. The molecule has 0 saturated heterocycles. The van der Waals surface area contributed by atoms with E-state index in [1.165, 1.54) is 7.11 Å². The molecule has 2 aromatic rings. The van der Waals surface area contributed by atoms with Crippen molar-refractivity contribution < 1.29 is 23.9 Å². The summed E-state index contributed by atoms with van der Waals surface area (Å²) < 4.78 is 9.99. The molecule has 0 fully saturated rings. The lowest BCUT2D eigenvalue weighted by molar-refractivity contribution is -0.141. The fourth-order valence-corrected chi connectivity index (χ4v) is 2.65. The van der Waals surface area contributed by atoms with Gasteiger partial charge in [-0.25, -0.2) is 0 Å². The van der Waals surface area contributed by atoms with E-state index < -0.39 is 23.8 Å². The molecule has 0 spiro atoms. The van der Waals surface area contributed by atoms with Crippen molar-refractivity contribution in [1.82, 2.24) is 10.6 Å². The lowest BCUT2D eigenvalue weighted by Crippen LogP contribution is -2.40. The summed E-state index contributed by atoms with van der Waals surface area (Å²) in [6, 6.07) is 15.1. The topological polar surface area (TPSA) is 93.7 Å². The van der Waals surface area contributed by atoms with Crippen molar-refractivity contribution >= 4 is 29.4 Å². The number of amides is 2. The van der Waals surface area contributed by atoms with Gasteiger partial charge >= 0.3 is 5.97 Å². The minimum Gasteiger partial charge on any atom is -0.484 e. The van der Waals surface area contributed by atoms with Crippen LogP contribution < -0.4 is 15.4 Å². The first-order chi connectivity index (χ1) is 13.5. The van der Waals surface area contributed by atoms with Crippen LogP contribution in [0, 0.1) is 0 Å². The largest absolute Gasteiger partial charge is 0.484 e. The van der Waals surface area contributed by atoms with Crippen molar-refractivity contribution in [2.45, 2.75) is 12.5 Å². The molecule has 148 valence electrons. The molecule has 1 unspecified atom stereocenters. The molecule has 8 heteroatoms. The maximum atomic E-state index is 12.2. The highest BCUT2D eigenvalue weighted by atomic mass is 35.5. The van der Waals surface area contributed by atoms with Crippen molar-refractivity contribution in [1.29, 1.82) is 0 Å². The van der Waals surface area contributed by atoms with Gasteiger partial charge in [0, 0.05) is 5.02 Å². The highest BCUT2D eigenvalue weighted by Crippen LogP contribution is 2.25. The summed E-state index contributed by atoms with van der Waals surface area (Å²) in [7, 11) is 1.26. The Hall–Kier alpha value is -3.06. The van der Waals surface area contributed by atoms with Crippen LogP contribution in [0.3, 0.4) is 0 Å². The van der Waals surface area contributed by atoms with E-state index in [0.717, 1.165) is 0 Å². The fraction of sp³-hybridized carbons (Fsp3) is 0.250. The zero-order chi connectivity index (χ0) is 20.4. The Morgan fingerprint density at radius 3 is 2.36 bits per heavy atom. The van der Waals surface area contributed by atoms with Crippen molar-refractivity contribution in [2.24, 2.45) is 0 Å². The molecule has 2 amide bonds. The Labute approximate surface area is 168 Å². The summed E-state index contributed by atoms with van der Waals surface area (Å²) in [5.74, 6) is -0.854. The minimum absolute atomic E-state index is 0.0863. The maximum absolute atomic E-state index is 12.2. The number of hydrogen-bond donors (Lipinski definition) is 2. The first-order valence-corrected chi connectivity index (χ1v) is 8.92. The van der Waals surface area contributed by atoms with Gasteiger partial charge in [0.1, 0.15) is 5.75 Å². The summed E-state index contributed by atoms with van der Waals surface area (Å²) in [5.41, 5.74) is 0.585. The summed E-state index contributed by atoms with van der Waals surface area (Å²) in [4.78, 5) is 35.7. The predicted octanol–water partition coefficient (Wildman–Crippen LogP) is 2.26. The molecule has 0 saturated carbocycles. The van der Waals surface area contributed by atoms with Gasteiger partial charge in [0.15, 0.2) is 6.61 Å². The third-order valence-electron chi connectivity index (χ3n) is 3.77. The normalized spacial score (nSPS) is 11.2. The van der Waals surface area contributed by atoms with Gasteiger partial charge in [0.2, 0.25) is 5.91 Å². The first kappa shape index (κ1) is 21.2. The smallest absolute Gasteiger partial charge is 0.307 e. The van der Waals surface area contributed by atoms with Crippen molar-refractivity contribution in [2.75, 3.05) is 20.3 Å². The molecule has 0 heterocycles.